The second kappa shape index (κ2) is 6.92. The van der Waals surface area contributed by atoms with Gasteiger partial charge in [-0.15, -0.1) is 0 Å². The highest BCUT2D eigenvalue weighted by Gasteiger charge is 2.05. The topological polar surface area (TPSA) is 21.3 Å². The highest BCUT2D eigenvalue weighted by Crippen LogP contribution is 2.15. The zero-order valence-corrected chi connectivity index (χ0v) is 11.8. The van der Waals surface area contributed by atoms with E-state index >= 15 is 0 Å². The summed E-state index contributed by atoms with van der Waals surface area (Å²) < 4.78 is 6.77. The fourth-order valence-corrected chi connectivity index (χ4v) is 1.63. The second-order valence-corrected chi connectivity index (χ2v) is 5.17. The standard InChI is InChI=1S/C13H20BrNO/c1-10(2)11(3)16-8-7-15-13-6-4-5-12(14)9-13/h4-6,9-11,15H,7-8H2,1-3H3. The van der Waals surface area contributed by atoms with Crippen molar-refractivity contribution in [2.75, 3.05) is 18.5 Å². The van der Waals surface area contributed by atoms with Crippen molar-refractivity contribution in [3.63, 3.8) is 0 Å². The maximum Gasteiger partial charge on any atom is 0.0642 e. The summed E-state index contributed by atoms with van der Waals surface area (Å²) in [5.41, 5.74) is 1.12. The highest BCUT2D eigenvalue weighted by molar-refractivity contribution is 9.10. The van der Waals surface area contributed by atoms with Gasteiger partial charge in [-0.25, -0.2) is 0 Å². The second-order valence-electron chi connectivity index (χ2n) is 4.26. The van der Waals surface area contributed by atoms with Crippen LogP contribution in [-0.2, 0) is 4.74 Å². The minimum atomic E-state index is 0.323. The Morgan fingerprint density at radius 2 is 2.06 bits per heavy atom. The first-order chi connectivity index (χ1) is 7.59. The van der Waals surface area contributed by atoms with Gasteiger partial charge in [0.2, 0.25) is 0 Å². The van der Waals surface area contributed by atoms with Gasteiger partial charge in [0, 0.05) is 16.7 Å². The molecule has 0 aliphatic heterocycles. The third-order valence-electron chi connectivity index (χ3n) is 2.58. The molecule has 0 aromatic heterocycles. The van der Waals surface area contributed by atoms with E-state index in [1.54, 1.807) is 0 Å². The monoisotopic (exact) mass is 285 g/mol. The Balaban J connectivity index is 2.21. The molecule has 90 valence electrons. The van der Waals surface area contributed by atoms with Crippen molar-refractivity contribution < 1.29 is 4.74 Å². The molecule has 0 bridgehead atoms. The van der Waals surface area contributed by atoms with Crippen LogP contribution in [0.5, 0.6) is 0 Å². The smallest absolute Gasteiger partial charge is 0.0642 e. The summed E-state index contributed by atoms with van der Waals surface area (Å²) in [6, 6.07) is 8.15. The van der Waals surface area contributed by atoms with Crippen LogP contribution in [0.4, 0.5) is 5.69 Å². The summed E-state index contributed by atoms with van der Waals surface area (Å²) in [6.45, 7) is 8.04. The van der Waals surface area contributed by atoms with E-state index in [1.165, 1.54) is 0 Å². The first-order valence-corrected chi connectivity index (χ1v) is 6.50. The van der Waals surface area contributed by atoms with Crippen molar-refractivity contribution in [2.45, 2.75) is 26.9 Å². The Labute approximate surface area is 107 Å². The number of hydrogen-bond donors (Lipinski definition) is 1. The van der Waals surface area contributed by atoms with Crippen LogP contribution in [0.2, 0.25) is 0 Å². The molecule has 1 unspecified atom stereocenters. The zero-order valence-electron chi connectivity index (χ0n) is 10.2. The van der Waals surface area contributed by atoms with Crippen molar-refractivity contribution in [2.24, 2.45) is 5.92 Å². The average Bonchev–Trinajstić information content (AvgIpc) is 2.24. The first-order valence-electron chi connectivity index (χ1n) is 5.70. The van der Waals surface area contributed by atoms with E-state index in [0.29, 0.717) is 12.0 Å². The largest absolute Gasteiger partial charge is 0.383 e. The van der Waals surface area contributed by atoms with Gasteiger partial charge >= 0.3 is 0 Å². The lowest BCUT2D eigenvalue weighted by atomic mass is 10.1. The molecule has 0 saturated carbocycles. The molecule has 0 aliphatic rings. The van der Waals surface area contributed by atoms with E-state index < -0.39 is 0 Å². The SMILES string of the molecule is CC(C)C(C)OCCNc1cccc(Br)c1. The maximum absolute atomic E-state index is 5.68. The van der Waals surface area contributed by atoms with Gasteiger partial charge in [0.05, 0.1) is 12.7 Å². The number of halogens is 1. The lowest BCUT2D eigenvalue weighted by Gasteiger charge is -2.16. The summed E-state index contributed by atoms with van der Waals surface area (Å²) in [4.78, 5) is 0. The lowest BCUT2D eigenvalue weighted by molar-refractivity contribution is 0.0421. The third kappa shape index (κ3) is 4.99. The van der Waals surface area contributed by atoms with Gasteiger partial charge in [0.15, 0.2) is 0 Å². The van der Waals surface area contributed by atoms with Gasteiger partial charge in [-0.3, -0.25) is 0 Å². The molecule has 0 radical (unpaired) electrons. The van der Waals surface area contributed by atoms with Crippen molar-refractivity contribution in [1.29, 1.82) is 0 Å². The molecule has 1 aromatic rings. The quantitative estimate of drug-likeness (QED) is 0.800. The summed E-state index contributed by atoms with van der Waals surface area (Å²) in [5, 5.41) is 3.32. The van der Waals surface area contributed by atoms with Gasteiger partial charge in [-0.2, -0.15) is 0 Å². The summed E-state index contributed by atoms with van der Waals surface area (Å²) in [7, 11) is 0. The Hall–Kier alpha value is -0.540. The van der Waals surface area contributed by atoms with Crippen molar-refractivity contribution in [3.8, 4) is 0 Å². The first kappa shape index (κ1) is 13.5. The molecule has 2 nitrogen and oxygen atoms in total. The number of rotatable bonds is 6. The van der Waals surface area contributed by atoms with E-state index in [9.17, 15) is 0 Å². The molecule has 0 spiro atoms. The van der Waals surface area contributed by atoms with E-state index in [4.69, 9.17) is 4.74 Å². The molecule has 3 heteroatoms. The van der Waals surface area contributed by atoms with E-state index in [0.717, 1.165) is 23.3 Å². The molecule has 1 aromatic carbocycles. The van der Waals surface area contributed by atoms with Crippen LogP contribution < -0.4 is 5.32 Å². The minimum absolute atomic E-state index is 0.323. The van der Waals surface area contributed by atoms with Crippen LogP contribution in [-0.4, -0.2) is 19.3 Å². The number of nitrogens with one attached hydrogen (secondary N) is 1. The third-order valence-corrected chi connectivity index (χ3v) is 3.07. The van der Waals surface area contributed by atoms with Gasteiger partial charge in [0.25, 0.3) is 0 Å². The fourth-order valence-electron chi connectivity index (χ4n) is 1.23. The Bertz CT molecular complexity index is 315. The number of anilines is 1. The molecule has 1 atom stereocenters. The molecule has 0 heterocycles. The van der Waals surface area contributed by atoms with Crippen molar-refractivity contribution >= 4 is 21.6 Å². The lowest BCUT2D eigenvalue weighted by Crippen LogP contribution is -2.19. The summed E-state index contributed by atoms with van der Waals surface area (Å²) >= 11 is 3.44. The fraction of sp³-hybridized carbons (Fsp3) is 0.538. The van der Waals surface area contributed by atoms with Crippen molar-refractivity contribution in [1.82, 2.24) is 0 Å². The average molecular weight is 286 g/mol. The van der Waals surface area contributed by atoms with E-state index in [-0.39, 0.29) is 0 Å². The predicted octanol–water partition coefficient (Wildman–Crippen LogP) is 3.92. The number of hydrogen-bond acceptors (Lipinski definition) is 2. The van der Waals surface area contributed by atoms with Gasteiger partial charge in [0.1, 0.15) is 0 Å². The Morgan fingerprint density at radius 1 is 1.31 bits per heavy atom. The van der Waals surface area contributed by atoms with Crippen LogP contribution >= 0.6 is 15.9 Å². The van der Waals surface area contributed by atoms with Crippen LogP contribution in [0.1, 0.15) is 20.8 Å². The molecule has 16 heavy (non-hydrogen) atoms. The van der Waals surface area contributed by atoms with Gasteiger partial charge < -0.3 is 10.1 Å². The van der Waals surface area contributed by atoms with Crippen LogP contribution in [0.3, 0.4) is 0 Å². The predicted molar refractivity (Wildman–Crippen MR) is 72.9 cm³/mol. The number of benzene rings is 1. The van der Waals surface area contributed by atoms with Crippen LogP contribution in [0, 0.1) is 5.92 Å². The molecule has 0 amide bonds. The molecule has 0 fully saturated rings. The van der Waals surface area contributed by atoms with Gasteiger partial charge in [-0.05, 0) is 31.0 Å². The normalized spacial score (nSPS) is 12.8. The van der Waals surface area contributed by atoms with Gasteiger partial charge in [-0.1, -0.05) is 35.8 Å². The Kier molecular flexibility index (Phi) is 5.85. The Morgan fingerprint density at radius 3 is 2.69 bits per heavy atom. The minimum Gasteiger partial charge on any atom is -0.383 e. The van der Waals surface area contributed by atoms with E-state index in [1.807, 2.05) is 12.1 Å². The molecular formula is C13H20BrNO. The number of ether oxygens (including phenoxy) is 1. The highest BCUT2D eigenvalue weighted by atomic mass is 79.9. The molecule has 0 saturated heterocycles. The van der Waals surface area contributed by atoms with Crippen LogP contribution in [0.25, 0.3) is 0 Å². The summed E-state index contributed by atoms with van der Waals surface area (Å²) in [6.07, 6.45) is 0.323. The molecule has 0 aliphatic carbocycles. The summed E-state index contributed by atoms with van der Waals surface area (Å²) in [5.74, 6) is 0.575. The molecular weight excluding hydrogens is 266 g/mol. The van der Waals surface area contributed by atoms with E-state index in [2.05, 4.69) is 54.2 Å². The van der Waals surface area contributed by atoms with Crippen LogP contribution in [0.15, 0.2) is 28.7 Å². The van der Waals surface area contributed by atoms with Crippen molar-refractivity contribution in [3.05, 3.63) is 28.7 Å². The molecule has 1 N–H and O–H groups in total. The maximum atomic E-state index is 5.68. The zero-order chi connectivity index (χ0) is 12.0. The molecule has 1 rings (SSSR count).